The number of aryl methyl sites for hydroxylation is 1. The van der Waals surface area contributed by atoms with Gasteiger partial charge in [0.1, 0.15) is 0 Å². The molecule has 1 aromatic heterocycles. The van der Waals surface area contributed by atoms with Crippen LogP contribution in [0.1, 0.15) is 0 Å². The average molecular weight is 250 g/mol. The molecule has 0 saturated carbocycles. The number of hydrogen-bond acceptors (Lipinski definition) is 1. The highest BCUT2D eigenvalue weighted by molar-refractivity contribution is 14.1. The van der Waals surface area contributed by atoms with Crippen molar-refractivity contribution in [3.8, 4) is 0 Å². The molecule has 0 aliphatic rings. The quantitative estimate of drug-likeness (QED) is 0.529. The fourth-order valence-corrected chi connectivity index (χ4v) is 2.32. The van der Waals surface area contributed by atoms with Crippen molar-refractivity contribution in [3.05, 3.63) is 12.5 Å². The first-order valence-corrected chi connectivity index (χ1v) is 8.72. The number of nitrogens with zero attached hydrogens (tertiary/aromatic N) is 2. The number of rotatable bonds is 1. The molecular formula is C5H8AlIN2. The van der Waals surface area contributed by atoms with E-state index in [0.29, 0.717) is 0 Å². The van der Waals surface area contributed by atoms with Gasteiger partial charge in [-0.15, -0.1) is 0 Å². The van der Waals surface area contributed by atoms with Gasteiger partial charge >= 0.3 is 10.9 Å². The van der Waals surface area contributed by atoms with Crippen LogP contribution in [0.15, 0.2) is 12.5 Å². The van der Waals surface area contributed by atoms with Crippen LogP contribution in [-0.2, 0) is 7.05 Å². The van der Waals surface area contributed by atoms with Crippen LogP contribution in [0.4, 0.5) is 0 Å². The Balaban J connectivity index is 2.85. The Bertz CT molecular complexity index is 197. The molecule has 0 saturated heterocycles. The second-order valence-corrected chi connectivity index (χ2v) is 9.51. The van der Waals surface area contributed by atoms with Gasteiger partial charge < -0.3 is 4.57 Å². The molecule has 0 amide bonds. The maximum absolute atomic E-state index is 4.23. The third-order valence-electron chi connectivity index (χ3n) is 1.13. The highest BCUT2D eigenvalue weighted by Crippen LogP contribution is 1.91. The lowest BCUT2D eigenvalue weighted by Gasteiger charge is -1.86. The lowest BCUT2D eigenvalue weighted by atomic mass is 10.9. The number of aromatic nitrogens is 2. The number of imidazole rings is 1. The maximum Gasteiger partial charge on any atom is 0.424 e. The zero-order chi connectivity index (χ0) is 6.85. The summed E-state index contributed by atoms with van der Waals surface area (Å²) in [6.45, 7) is 0. The summed E-state index contributed by atoms with van der Waals surface area (Å²) >= 11 is 2.48. The van der Waals surface area contributed by atoms with Crippen LogP contribution in [0.25, 0.3) is 0 Å². The standard InChI is InChI=1S/C4H5N2.CH3.Al.HI/c1-6-3-2-5-4-6;;;/h3-4H,1H3;1H3;;1H/q;;+1;/p-1. The zero-order valence-electron chi connectivity index (χ0n) is 5.50. The molecule has 9 heavy (non-hydrogen) atoms. The number of halogens is 1. The Hall–Kier alpha value is 0.472. The summed E-state index contributed by atoms with van der Waals surface area (Å²) in [7, 11) is 1.33. The first-order chi connectivity index (χ1) is 4.20. The van der Waals surface area contributed by atoms with Crippen molar-refractivity contribution >= 4 is 35.7 Å². The summed E-state index contributed by atoms with van der Waals surface area (Å²) in [5, 5.41) is 0. The highest BCUT2D eigenvalue weighted by Gasteiger charge is 2.10. The van der Waals surface area contributed by atoms with Crippen LogP contribution in [0, 0.1) is 0 Å². The molecule has 0 aromatic carbocycles. The van der Waals surface area contributed by atoms with Gasteiger partial charge in [0.05, 0.1) is 6.33 Å². The van der Waals surface area contributed by atoms with Gasteiger partial charge in [-0.25, -0.2) is 0 Å². The molecule has 1 heterocycles. The maximum atomic E-state index is 4.23. The summed E-state index contributed by atoms with van der Waals surface area (Å²) < 4.78 is 3.29. The molecule has 0 N–H and O–H groups in total. The second-order valence-electron chi connectivity index (χ2n) is 2.08. The molecule has 0 aliphatic heterocycles. The molecule has 0 unspecified atom stereocenters. The molecule has 0 atom stereocenters. The van der Waals surface area contributed by atoms with E-state index in [4.69, 9.17) is 0 Å². The van der Waals surface area contributed by atoms with E-state index < -0.39 is 10.9 Å². The summed E-state index contributed by atoms with van der Waals surface area (Å²) in [6.07, 6.45) is 3.96. The van der Waals surface area contributed by atoms with Crippen LogP contribution in [0.2, 0.25) is 5.79 Å². The SMILES string of the molecule is Cn1cn[c]([Al]([CH3])[I])c1. The summed E-state index contributed by atoms with van der Waals surface area (Å²) in [4.78, 5) is 4.23. The van der Waals surface area contributed by atoms with Gasteiger partial charge in [-0.1, -0.05) is 5.79 Å². The molecule has 0 bridgehead atoms. The lowest BCUT2D eigenvalue weighted by Crippen LogP contribution is -2.20. The fraction of sp³-hybridized carbons (Fsp3) is 0.400. The van der Waals surface area contributed by atoms with E-state index in [1.165, 1.54) is 4.56 Å². The van der Waals surface area contributed by atoms with Crippen LogP contribution >= 0.6 is 20.3 Å². The van der Waals surface area contributed by atoms with E-state index in [0.717, 1.165) is 0 Å². The molecule has 0 fully saturated rings. The Kier molecular flexibility index (Phi) is 2.56. The van der Waals surface area contributed by atoms with Gasteiger partial charge in [0, 0.05) is 17.8 Å². The van der Waals surface area contributed by atoms with Crippen molar-refractivity contribution in [2.75, 3.05) is 0 Å². The highest BCUT2D eigenvalue weighted by atomic mass is 127. The second kappa shape index (κ2) is 3.04. The topological polar surface area (TPSA) is 17.8 Å². The van der Waals surface area contributed by atoms with Crippen molar-refractivity contribution in [1.29, 1.82) is 0 Å². The smallest absolute Gasteiger partial charge is 0.342 e. The first-order valence-electron chi connectivity index (χ1n) is 2.82. The van der Waals surface area contributed by atoms with Crippen LogP contribution in [-0.4, -0.2) is 20.4 Å². The molecule has 2 nitrogen and oxygen atoms in total. The molecule has 0 radical (unpaired) electrons. The van der Waals surface area contributed by atoms with Gasteiger partial charge in [-0.05, 0) is 0 Å². The van der Waals surface area contributed by atoms with Gasteiger partial charge in [0.25, 0.3) is 0 Å². The van der Waals surface area contributed by atoms with Gasteiger partial charge in [0.15, 0.2) is 0 Å². The van der Waals surface area contributed by atoms with Gasteiger partial charge in [-0.2, -0.15) is 20.3 Å². The molecule has 48 valence electrons. The lowest BCUT2D eigenvalue weighted by molar-refractivity contribution is 0.913. The Morgan fingerprint density at radius 2 is 2.44 bits per heavy atom. The first kappa shape index (κ1) is 7.58. The van der Waals surface area contributed by atoms with E-state index in [-0.39, 0.29) is 0 Å². The van der Waals surface area contributed by atoms with Crippen molar-refractivity contribution < 1.29 is 0 Å². The minimum Gasteiger partial charge on any atom is -0.342 e. The predicted molar refractivity (Wildman–Crippen MR) is 48.5 cm³/mol. The fourth-order valence-electron chi connectivity index (χ4n) is 0.638. The number of hydrogen-bond donors (Lipinski definition) is 0. The normalized spacial score (nSPS) is 9.67. The molecule has 1 aromatic rings. The van der Waals surface area contributed by atoms with Crippen LogP contribution in [0.3, 0.4) is 0 Å². The monoisotopic (exact) mass is 250 g/mol. The van der Waals surface area contributed by atoms with Crippen LogP contribution < -0.4 is 4.56 Å². The largest absolute Gasteiger partial charge is 0.424 e. The minimum atomic E-state index is -0.670. The van der Waals surface area contributed by atoms with Crippen molar-refractivity contribution in [3.63, 3.8) is 0 Å². The van der Waals surface area contributed by atoms with Crippen molar-refractivity contribution in [2.45, 2.75) is 5.79 Å². The minimum absolute atomic E-state index is 0.670. The summed E-state index contributed by atoms with van der Waals surface area (Å²) in [6, 6.07) is 0. The van der Waals surface area contributed by atoms with E-state index in [2.05, 4.69) is 37.2 Å². The van der Waals surface area contributed by atoms with E-state index in [9.17, 15) is 0 Å². The van der Waals surface area contributed by atoms with Crippen molar-refractivity contribution in [1.82, 2.24) is 9.55 Å². The van der Waals surface area contributed by atoms with Crippen LogP contribution in [0.5, 0.6) is 0 Å². The predicted octanol–water partition coefficient (Wildman–Crippen LogP) is 0.683. The zero-order valence-corrected chi connectivity index (χ0v) is 8.82. The van der Waals surface area contributed by atoms with Gasteiger partial charge in [-0.3, -0.25) is 4.98 Å². The van der Waals surface area contributed by atoms with E-state index in [1.54, 1.807) is 0 Å². The van der Waals surface area contributed by atoms with E-state index >= 15 is 0 Å². The molecule has 4 heteroatoms. The molecule has 0 spiro atoms. The summed E-state index contributed by atoms with van der Waals surface area (Å²) in [5.41, 5.74) is 0. The van der Waals surface area contributed by atoms with Gasteiger partial charge in [0.2, 0.25) is 0 Å². The Labute approximate surface area is 70.3 Å². The third-order valence-corrected chi connectivity index (χ3v) is 4.16. The summed E-state index contributed by atoms with van der Waals surface area (Å²) in [5.74, 6) is 2.27. The average Bonchev–Trinajstić information content (AvgIpc) is 2.14. The molecular weight excluding hydrogens is 242 g/mol. The molecule has 1 rings (SSSR count). The Morgan fingerprint density at radius 3 is 2.67 bits per heavy atom. The third kappa shape index (κ3) is 1.96. The van der Waals surface area contributed by atoms with Crippen molar-refractivity contribution in [2.24, 2.45) is 7.05 Å². The Morgan fingerprint density at radius 1 is 1.78 bits per heavy atom. The molecule has 0 aliphatic carbocycles. The van der Waals surface area contributed by atoms with E-state index in [1.807, 2.05) is 17.9 Å².